The molecule has 0 saturated heterocycles. The molecule has 2 amide bonds. The van der Waals surface area contributed by atoms with E-state index in [2.05, 4.69) is 15.4 Å². The zero-order valence-electron chi connectivity index (χ0n) is 19.1. The van der Waals surface area contributed by atoms with Gasteiger partial charge >= 0.3 is 23.9 Å². The topological polar surface area (TPSA) is 142 Å². The number of benzene rings is 1. The van der Waals surface area contributed by atoms with Crippen molar-refractivity contribution >= 4 is 62.8 Å². The Labute approximate surface area is 211 Å². The van der Waals surface area contributed by atoms with E-state index in [0.29, 0.717) is 0 Å². The Hall–Kier alpha value is -2.69. The lowest BCUT2D eigenvalue weighted by molar-refractivity contribution is -0.356. The zero-order chi connectivity index (χ0) is 29.1. The number of nitrogens with one attached hydrogen (secondary N) is 2. The maximum Gasteiger partial charge on any atom is 0.438 e. The molecule has 0 aromatic heterocycles. The van der Waals surface area contributed by atoms with Crippen LogP contribution < -0.4 is 10.6 Å². The van der Waals surface area contributed by atoms with Gasteiger partial charge in [-0.2, -0.15) is 26.3 Å². The average Bonchev–Trinajstić information content (AvgIpc) is 2.69. The van der Waals surface area contributed by atoms with E-state index in [1.54, 1.807) is 0 Å². The second-order valence-corrected chi connectivity index (χ2v) is 8.85. The molecule has 0 aliphatic carbocycles. The van der Waals surface area contributed by atoms with E-state index in [0.717, 1.165) is 13.8 Å². The lowest BCUT2D eigenvalue weighted by Crippen LogP contribution is -2.63. The number of carbonyl (C=O) groups is 3. The molecule has 1 rings (SSSR count). The van der Waals surface area contributed by atoms with Gasteiger partial charge in [0.05, 0.1) is 45.0 Å². The number of amides is 2. The molecule has 0 saturated carbocycles. The molecule has 19 heteroatoms. The summed E-state index contributed by atoms with van der Waals surface area (Å²) >= 11 is 0. The van der Waals surface area contributed by atoms with E-state index in [9.17, 15) is 53.7 Å². The summed E-state index contributed by atoms with van der Waals surface area (Å²) in [6.07, 6.45) is -15.5. The lowest BCUT2D eigenvalue weighted by atomic mass is 9.78. The molecule has 0 unspecified atom stereocenters. The SMILES string of the molecule is [B]Cc1c(NC(C)=O)c(C[B])c(C(=O)OC(CS(=O)(=O)[O-])(C(F)(F)F)C(F)(F)F)c(C[B])c1NC(C)=O. The van der Waals surface area contributed by atoms with Crippen molar-refractivity contribution in [2.24, 2.45) is 0 Å². The highest BCUT2D eigenvalue weighted by atomic mass is 32.2. The Balaban J connectivity index is 4.19. The first-order chi connectivity index (χ1) is 16.7. The van der Waals surface area contributed by atoms with Crippen molar-refractivity contribution < 1.29 is 58.4 Å². The van der Waals surface area contributed by atoms with E-state index in [4.69, 9.17) is 23.5 Å². The highest BCUT2D eigenvalue weighted by molar-refractivity contribution is 7.85. The summed E-state index contributed by atoms with van der Waals surface area (Å²) in [5.41, 5.74) is -9.21. The van der Waals surface area contributed by atoms with Gasteiger partial charge in [0.15, 0.2) is 0 Å². The normalized spacial score (nSPS) is 12.7. The average molecular weight is 551 g/mol. The molecule has 2 N–H and O–H groups in total. The Bertz CT molecular complexity index is 1130. The number of alkyl halides is 6. The van der Waals surface area contributed by atoms with E-state index < -0.39 is 98.6 Å². The minimum absolute atomic E-state index is 0.150. The first kappa shape index (κ1) is 32.3. The molecule has 9 nitrogen and oxygen atoms in total. The number of anilines is 2. The van der Waals surface area contributed by atoms with Crippen molar-refractivity contribution in [3.05, 3.63) is 22.3 Å². The van der Waals surface area contributed by atoms with Gasteiger partial charge in [-0.25, -0.2) is 13.2 Å². The van der Waals surface area contributed by atoms with E-state index in [-0.39, 0.29) is 5.56 Å². The van der Waals surface area contributed by atoms with Gasteiger partial charge in [0.25, 0.3) is 0 Å². The van der Waals surface area contributed by atoms with E-state index in [1.165, 1.54) is 0 Å². The fourth-order valence-electron chi connectivity index (χ4n) is 3.36. The first-order valence-corrected chi connectivity index (χ1v) is 11.4. The van der Waals surface area contributed by atoms with Crippen LogP contribution in [0.2, 0.25) is 0 Å². The highest BCUT2D eigenvalue weighted by Gasteiger charge is 2.75. The predicted octanol–water partition coefficient (Wildman–Crippen LogP) is 1.17. The van der Waals surface area contributed by atoms with Crippen LogP contribution in [0.25, 0.3) is 0 Å². The van der Waals surface area contributed by atoms with Gasteiger partial charge < -0.3 is 19.9 Å². The number of rotatable bonds is 9. The largest absolute Gasteiger partial charge is 0.748 e. The van der Waals surface area contributed by atoms with Crippen LogP contribution in [-0.2, 0) is 43.4 Å². The maximum absolute atomic E-state index is 13.7. The van der Waals surface area contributed by atoms with Crippen molar-refractivity contribution in [3.63, 3.8) is 0 Å². The van der Waals surface area contributed by atoms with Gasteiger partial charge in [-0.05, 0) is 16.7 Å². The molecule has 0 fully saturated rings. The highest BCUT2D eigenvalue weighted by Crippen LogP contribution is 2.48. The summed E-state index contributed by atoms with van der Waals surface area (Å²) in [4.78, 5) is 36.5. The summed E-state index contributed by atoms with van der Waals surface area (Å²) in [6.45, 7) is 1.90. The van der Waals surface area contributed by atoms with Crippen LogP contribution in [0.4, 0.5) is 37.7 Å². The molecule has 6 radical (unpaired) electrons. The quantitative estimate of drug-likeness (QED) is 0.203. The molecular weight excluding hydrogens is 535 g/mol. The lowest BCUT2D eigenvalue weighted by Gasteiger charge is -2.37. The molecule has 0 spiro atoms. The summed E-state index contributed by atoms with van der Waals surface area (Å²) in [6, 6.07) is 0. The standard InChI is InChI=1S/C18H17B3F6N2O7S/c1-7(30)28-13-9(3-19)12(10(4-20)14(11(13)5-21)29-8(2)31)15(32)36-16(17(22,23)24,18(25,26)27)6-37(33,34)35/h3-6H2,1-2H3,(H,28,30)(H,29,31)(H,33,34,35)/p-1. The first-order valence-electron chi connectivity index (χ1n) is 9.83. The van der Waals surface area contributed by atoms with Crippen LogP contribution in [0, 0.1) is 0 Å². The number of halogens is 6. The van der Waals surface area contributed by atoms with Gasteiger partial charge in [-0.3, -0.25) is 9.59 Å². The van der Waals surface area contributed by atoms with Crippen LogP contribution in [-0.4, -0.2) is 78.0 Å². The molecule has 1 aromatic rings. The molecule has 1 aromatic carbocycles. The number of hydrogen-bond donors (Lipinski definition) is 2. The molecule has 0 bridgehead atoms. The summed E-state index contributed by atoms with van der Waals surface area (Å²) in [7, 11) is 10.5. The van der Waals surface area contributed by atoms with Gasteiger partial charge in [-0.1, -0.05) is 19.0 Å². The van der Waals surface area contributed by atoms with Crippen molar-refractivity contribution in [1.82, 2.24) is 0 Å². The van der Waals surface area contributed by atoms with Crippen molar-refractivity contribution in [2.75, 3.05) is 16.4 Å². The number of ether oxygens (including phenoxy) is 1. The van der Waals surface area contributed by atoms with Gasteiger partial charge in [0.1, 0.15) is 0 Å². The minimum Gasteiger partial charge on any atom is -0.748 e. The maximum atomic E-state index is 13.7. The third-order valence-electron chi connectivity index (χ3n) is 4.79. The fourth-order valence-corrected chi connectivity index (χ4v) is 4.25. The summed E-state index contributed by atoms with van der Waals surface area (Å²) < 4.78 is 119. The van der Waals surface area contributed by atoms with Crippen molar-refractivity contribution in [2.45, 2.75) is 50.8 Å². The third-order valence-corrected chi connectivity index (χ3v) is 5.55. The smallest absolute Gasteiger partial charge is 0.438 e. The summed E-state index contributed by atoms with van der Waals surface area (Å²) in [5.74, 6) is -7.40. The van der Waals surface area contributed by atoms with Crippen LogP contribution in [0.15, 0.2) is 0 Å². The number of hydrogen-bond acceptors (Lipinski definition) is 7. The molecule has 37 heavy (non-hydrogen) atoms. The van der Waals surface area contributed by atoms with E-state index >= 15 is 0 Å². The molecule has 0 atom stereocenters. The molecule has 0 heterocycles. The van der Waals surface area contributed by atoms with Crippen molar-refractivity contribution in [1.29, 1.82) is 0 Å². The van der Waals surface area contributed by atoms with Crippen LogP contribution in [0.1, 0.15) is 40.9 Å². The molecule has 198 valence electrons. The molecular formula is C18H16B3F6N2O7S-. The van der Waals surface area contributed by atoms with Crippen LogP contribution in [0.3, 0.4) is 0 Å². The third kappa shape index (κ3) is 7.00. The molecule has 0 aliphatic heterocycles. The fraction of sp³-hybridized carbons (Fsp3) is 0.500. The minimum atomic E-state index is -6.65. The Morgan fingerprint density at radius 1 is 0.811 bits per heavy atom. The second kappa shape index (κ2) is 11.4. The Kier molecular flexibility index (Phi) is 9.94. The Morgan fingerprint density at radius 2 is 1.16 bits per heavy atom. The van der Waals surface area contributed by atoms with E-state index in [1.807, 2.05) is 0 Å². The zero-order valence-corrected chi connectivity index (χ0v) is 19.9. The number of carbonyl (C=O) groups excluding carboxylic acids is 3. The number of esters is 1. The molecule has 0 aliphatic rings. The van der Waals surface area contributed by atoms with Crippen LogP contribution in [0.5, 0.6) is 0 Å². The van der Waals surface area contributed by atoms with Crippen LogP contribution >= 0.6 is 0 Å². The Morgan fingerprint density at radius 3 is 1.41 bits per heavy atom. The van der Waals surface area contributed by atoms with Gasteiger partial charge in [-0.15, -0.1) is 0 Å². The monoisotopic (exact) mass is 551 g/mol. The van der Waals surface area contributed by atoms with Crippen molar-refractivity contribution in [3.8, 4) is 0 Å². The second-order valence-electron chi connectivity index (χ2n) is 7.45. The summed E-state index contributed by atoms with van der Waals surface area (Å²) in [5, 5.41) is 4.35. The van der Waals surface area contributed by atoms with Gasteiger partial charge in [0.2, 0.25) is 11.8 Å². The van der Waals surface area contributed by atoms with Gasteiger partial charge in [0, 0.05) is 25.2 Å². The predicted molar refractivity (Wildman–Crippen MR) is 118 cm³/mol.